The summed E-state index contributed by atoms with van der Waals surface area (Å²) in [5, 5.41) is 9.86. The maximum absolute atomic E-state index is 11.4. The number of rotatable bonds is 5. The molecule has 1 amide bonds. The van der Waals surface area contributed by atoms with E-state index in [1.165, 1.54) is 4.90 Å². The smallest absolute Gasteiger partial charge is 0.410 e. The molecule has 1 atom stereocenters. The number of hydrogen-bond acceptors (Lipinski definition) is 4. The number of β-amino-alcohol motifs (C(OH)–C–C–N with tert-alkyl or cyclic N) is 1. The van der Waals surface area contributed by atoms with Crippen molar-refractivity contribution in [1.82, 2.24) is 4.90 Å². The van der Waals surface area contributed by atoms with E-state index in [-0.39, 0.29) is 32.4 Å². The molecule has 104 valence electrons. The predicted molar refractivity (Wildman–Crippen MR) is 70.9 cm³/mol. The van der Waals surface area contributed by atoms with Gasteiger partial charge in [0.15, 0.2) is 0 Å². The van der Waals surface area contributed by atoms with Crippen LogP contribution in [0.1, 0.15) is 0 Å². The van der Waals surface area contributed by atoms with Gasteiger partial charge in [-0.1, -0.05) is 23.2 Å². The van der Waals surface area contributed by atoms with Crippen LogP contribution in [0.15, 0.2) is 18.2 Å². The highest BCUT2D eigenvalue weighted by molar-refractivity contribution is 6.34. The first-order chi connectivity index (χ1) is 9.10. The van der Waals surface area contributed by atoms with Gasteiger partial charge in [0, 0.05) is 16.6 Å². The first-order valence-corrected chi connectivity index (χ1v) is 6.49. The SMILES string of the molecule is O=C1OC[C@H](COc2cc(Cl)cc(Cl)c2)N1CCO. The second-order valence-electron chi connectivity index (χ2n) is 4.06. The van der Waals surface area contributed by atoms with Crippen LogP contribution in [0.4, 0.5) is 4.79 Å². The number of nitrogens with zero attached hydrogens (tertiary/aromatic N) is 1. The van der Waals surface area contributed by atoms with Gasteiger partial charge >= 0.3 is 6.09 Å². The third-order valence-electron chi connectivity index (χ3n) is 2.69. The van der Waals surface area contributed by atoms with E-state index in [1.54, 1.807) is 18.2 Å². The topological polar surface area (TPSA) is 59.0 Å². The second kappa shape index (κ2) is 6.32. The van der Waals surface area contributed by atoms with Crippen LogP contribution in [-0.2, 0) is 4.74 Å². The molecule has 0 bridgehead atoms. The Morgan fingerprint density at radius 1 is 1.37 bits per heavy atom. The van der Waals surface area contributed by atoms with Crippen LogP contribution in [0.25, 0.3) is 0 Å². The molecule has 0 saturated carbocycles. The molecule has 0 spiro atoms. The lowest BCUT2D eigenvalue weighted by atomic mass is 10.3. The molecule has 1 aromatic carbocycles. The minimum atomic E-state index is -0.438. The highest BCUT2D eigenvalue weighted by Crippen LogP contribution is 2.24. The number of carbonyl (C=O) groups excluding carboxylic acids is 1. The molecule has 0 aliphatic carbocycles. The third kappa shape index (κ3) is 3.65. The van der Waals surface area contributed by atoms with E-state index in [0.29, 0.717) is 15.8 Å². The van der Waals surface area contributed by atoms with Crippen molar-refractivity contribution in [3.05, 3.63) is 28.2 Å². The highest BCUT2D eigenvalue weighted by atomic mass is 35.5. The molecule has 2 rings (SSSR count). The predicted octanol–water partition coefficient (Wildman–Crippen LogP) is 2.19. The lowest BCUT2D eigenvalue weighted by Crippen LogP contribution is -2.39. The van der Waals surface area contributed by atoms with Crippen LogP contribution in [0.2, 0.25) is 10.0 Å². The summed E-state index contributed by atoms with van der Waals surface area (Å²) in [5.74, 6) is 0.529. The van der Waals surface area contributed by atoms with Crippen molar-refractivity contribution in [3.8, 4) is 5.75 Å². The molecule has 7 heteroatoms. The minimum Gasteiger partial charge on any atom is -0.491 e. The first kappa shape index (κ1) is 14.2. The minimum absolute atomic E-state index is 0.116. The van der Waals surface area contributed by atoms with Crippen molar-refractivity contribution in [1.29, 1.82) is 0 Å². The standard InChI is InChI=1S/C12H13Cl2NO4/c13-8-3-9(14)5-11(4-8)18-6-10-7-19-12(17)15(10)1-2-16/h3-5,10,16H,1-2,6-7H2/t10-/m0/s1. The Morgan fingerprint density at radius 2 is 2.05 bits per heavy atom. The van der Waals surface area contributed by atoms with Crippen molar-refractivity contribution in [2.45, 2.75) is 6.04 Å². The zero-order valence-corrected chi connectivity index (χ0v) is 11.5. The summed E-state index contributed by atoms with van der Waals surface area (Å²) < 4.78 is 10.5. The Balaban J connectivity index is 1.96. The Kier molecular flexibility index (Phi) is 4.74. The normalized spacial score (nSPS) is 18.6. The molecule has 0 radical (unpaired) electrons. The second-order valence-corrected chi connectivity index (χ2v) is 4.94. The van der Waals surface area contributed by atoms with Gasteiger partial charge in [-0.25, -0.2) is 4.79 Å². The molecule has 1 aromatic rings. The van der Waals surface area contributed by atoms with Gasteiger partial charge in [-0.3, -0.25) is 4.90 Å². The van der Waals surface area contributed by atoms with E-state index >= 15 is 0 Å². The average molecular weight is 306 g/mol. The van der Waals surface area contributed by atoms with E-state index in [4.69, 9.17) is 37.8 Å². The summed E-state index contributed by atoms with van der Waals surface area (Å²) in [6.45, 7) is 0.604. The summed E-state index contributed by atoms with van der Waals surface area (Å²) in [6, 6.07) is 4.66. The summed E-state index contributed by atoms with van der Waals surface area (Å²) in [5.41, 5.74) is 0. The van der Waals surface area contributed by atoms with Crippen molar-refractivity contribution in [2.24, 2.45) is 0 Å². The fraction of sp³-hybridized carbons (Fsp3) is 0.417. The number of aliphatic hydroxyl groups is 1. The zero-order valence-electron chi connectivity index (χ0n) is 10.0. The summed E-state index contributed by atoms with van der Waals surface area (Å²) in [6.07, 6.45) is -0.438. The third-order valence-corrected chi connectivity index (χ3v) is 3.13. The fourth-order valence-electron chi connectivity index (χ4n) is 1.81. The molecule has 0 aromatic heterocycles. The van der Waals surface area contributed by atoms with Crippen LogP contribution in [0.5, 0.6) is 5.75 Å². The summed E-state index contributed by atoms with van der Waals surface area (Å²) in [4.78, 5) is 12.8. The molecular formula is C12H13Cl2NO4. The number of aliphatic hydroxyl groups excluding tert-OH is 1. The molecule has 1 N–H and O–H groups in total. The fourth-order valence-corrected chi connectivity index (χ4v) is 2.32. The van der Waals surface area contributed by atoms with Crippen molar-refractivity contribution in [3.63, 3.8) is 0 Å². The zero-order chi connectivity index (χ0) is 13.8. The molecule has 5 nitrogen and oxygen atoms in total. The lowest BCUT2D eigenvalue weighted by Gasteiger charge is -2.20. The lowest BCUT2D eigenvalue weighted by molar-refractivity contribution is 0.142. The van der Waals surface area contributed by atoms with Gasteiger partial charge in [-0.15, -0.1) is 0 Å². The number of amides is 1. The quantitative estimate of drug-likeness (QED) is 0.906. The molecular weight excluding hydrogens is 293 g/mol. The van der Waals surface area contributed by atoms with Crippen LogP contribution >= 0.6 is 23.2 Å². The van der Waals surface area contributed by atoms with Crippen LogP contribution in [0.3, 0.4) is 0 Å². The monoisotopic (exact) mass is 305 g/mol. The van der Waals surface area contributed by atoms with Gasteiger partial charge in [0.05, 0.1) is 6.61 Å². The summed E-state index contributed by atoms with van der Waals surface area (Å²) >= 11 is 11.7. The van der Waals surface area contributed by atoms with Crippen molar-refractivity contribution < 1.29 is 19.4 Å². The Hall–Kier alpha value is -1.17. The van der Waals surface area contributed by atoms with E-state index in [9.17, 15) is 4.79 Å². The average Bonchev–Trinajstić information content (AvgIpc) is 2.68. The van der Waals surface area contributed by atoms with Gasteiger partial charge in [0.2, 0.25) is 0 Å². The Bertz CT molecular complexity index is 449. The number of carbonyl (C=O) groups is 1. The van der Waals surface area contributed by atoms with E-state index in [2.05, 4.69) is 0 Å². The molecule has 1 heterocycles. The number of cyclic esters (lactones) is 1. The van der Waals surface area contributed by atoms with E-state index in [1.807, 2.05) is 0 Å². The maximum Gasteiger partial charge on any atom is 0.410 e. The number of ether oxygens (including phenoxy) is 2. The Morgan fingerprint density at radius 3 is 2.68 bits per heavy atom. The largest absolute Gasteiger partial charge is 0.491 e. The molecule has 1 aliphatic rings. The van der Waals surface area contributed by atoms with Crippen LogP contribution < -0.4 is 4.74 Å². The van der Waals surface area contributed by atoms with Gasteiger partial charge in [-0.05, 0) is 18.2 Å². The highest BCUT2D eigenvalue weighted by Gasteiger charge is 2.32. The Labute approximate surface area is 120 Å². The van der Waals surface area contributed by atoms with Crippen LogP contribution in [-0.4, -0.2) is 48.5 Å². The molecule has 1 saturated heterocycles. The summed E-state index contributed by atoms with van der Waals surface area (Å²) in [7, 11) is 0. The van der Waals surface area contributed by atoms with Gasteiger partial charge in [0.25, 0.3) is 0 Å². The van der Waals surface area contributed by atoms with Gasteiger partial charge in [-0.2, -0.15) is 0 Å². The van der Waals surface area contributed by atoms with Gasteiger partial charge < -0.3 is 14.6 Å². The molecule has 0 unspecified atom stereocenters. The first-order valence-electron chi connectivity index (χ1n) is 5.73. The van der Waals surface area contributed by atoms with Crippen LogP contribution in [0, 0.1) is 0 Å². The number of hydrogen-bond donors (Lipinski definition) is 1. The maximum atomic E-state index is 11.4. The molecule has 1 fully saturated rings. The molecule has 19 heavy (non-hydrogen) atoms. The van der Waals surface area contributed by atoms with Crippen molar-refractivity contribution >= 4 is 29.3 Å². The van der Waals surface area contributed by atoms with E-state index < -0.39 is 6.09 Å². The molecule has 1 aliphatic heterocycles. The number of halogens is 2. The van der Waals surface area contributed by atoms with E-state index in [0.717, 1.165) is 0 Å². The number of benzene rings is 1. The van der Waals surface area contributed by atoms with Gasteiger partial charge in [0.1, 0.15) is 25.0 Å². The van der Waals surface area contributed by atoms with Crippen molar-refractivity contribution in [2.75, 3.05) is 26.4 Å².